The topological polar surface area (TPSA) is 80.3 Å². The summed E-state index contributed by atoms with van der Waals surface area (Å²) in [4.78, 5) is 22.0. The summed E-state index contributed by atoms with van der Waals surface area (Å²) in [6, 6.07) is 0. The molecule has 0 N–H and O–H groups in total. The third-order valence-corrected chi connectivity index (χ3v) is 6.80. The predicted molar refractivity (Wildman–Crippen MR) is 132 cm³/mol. The molecule has 5 heteroatoms. The molecular formula is C28H54NiO4. The first-order valence-electron chi connectivity index (χ1n) is 13.7. The van der Waals surface area contributed by atoms with Gasteiger partial charge in [0.1, 0.15) is 0 Å². The number of aliphatic carboxylic acids is 2. The van der Waals surface area contributed by atoms with E-state index in [4.69, 9.17) is 0 Å². The van der Waals surface area contributed by atoms with Crippen LogP contribution in [-0.4, -0.2) is 11.9 Å². The van der Waals surface area contributed by atoms with Crippen LogP contribution in [0.3, 0.4) is 0 Å². The van der Waals surface area contributed by atoms with E-state index < -0.39 is 11.9 Å². The predicted octanol–water partition coefficient (Wildman–Crippen LogP) is 6.30. The summed E-state index contributed by atoms with van der Waals surface area (Å²) >= 11 is 0. The number of carboxylic acid groups (broad SMARTS) is 2. The molecule has 0 saturated carbocycles. The van der Waals surface area contributed by atoms with Gasteiger partial charge in [0.05, 0.1) is 0 Å². The van der Waals surface area contributed by atoms with Gasteiger partial charge in [-0.05, 0) is 49.4 Å². The Morgan fingerprint density at radius 2 is 0.818 bits per heavy atom. The Balaban J connectivity index is -0.000000529. The van der Waals surface area contributed by atoms with Crippen molar-refractivity contribution in [2.75, 3.05) is 0 Å². The van der Waals surface area contributed by atoms with Crippen LogP contribution in [0.1, 0.15) is 144 Å². The number of hydrogen-bond donors (Lipinski definition) is 0. The molecule has 4 unspecified atom stereocenters. The molecule has 33 heavy (non-hydrogen) atoms. The second-order valence-electron chi connectivity index (χ2n) is 9.62. The van der Waals surface area contributed by atoms with Crippen LogP contribution in [0, 0.1) is 23.7 Å². The van der Waals surface area contributed by atoms with Gasteiger partial charge in [-0.3, -0.25) is 0 Å². The number of carboxylic acids is 2. The number of unbranched alkanes of at least 4 members (excludes halogenated alkanes) is 4. The quantitative estimate of drug-likeness (QED) is 0.179. The van der Waals surface area contributed by atoms with Crippen molar-refractivity contribution in [3.05, 3.63) is 0 Å². The summed E-state index contributed by atoms with van der Waals surface area (Å²) in [5.41, 5.74) is 0. The van der Waals surface area contributed by atoms with Crippen molar-refractivity contribution in [3.63, 3.8) is 0 Å². The van der Waals surface area contributed by atoms with E-state index in [0.717, 1.165) is 64.2 Å². The molecule has 0 spiro atoms. The number of hydrogen-bond acceptors (Lipinski definition) is 4. The summed E-state index contributed by atoms with van der Waals surface area (Å²) in [5.74, 6) is -0.991. The van der Waals surface area contributed by atoms with Gasteiger partial charge in [0, 0.05) is 11.9 Å². The van der Waals surface area contributed by atoms with Crippen molar-refractivity contribution in [2.24, 2.45) is 23.7 Å². The molecule has 0 heterocycles. The molecule has 4 nitrogen and oxygen atoms in total. The molecule has 0 aromatic carbocycles. The molecule has 0 aliphatic carbocycles. The zero-order valence-corrected chi connectivity index (χ0v) is 23.6. The normalized spacial score (nSPS) is 14.2. The van der Waals surface area contributed by atoms with E-state index in [1.807, 2.05) is 0 Å². The van der Waals surface area contributed by atoms with E-state index >= 15 is 0 Å². The van der Waals surface area contributed by atoms with Crippen LogP contribution >= 0.6 is 0 Å². The van der Waals surface area contributed by atoms with Crippen molar-refractivity contribution in [1.29, 1.82) is 0 Å². The van der Waals surface area contributed by atoms with Gasteiger partial charge in [-0.1, -0.05) is 119 Å². The Bertz CT molecular complexity index is 402. The molecule has 0 amide bonds. The van der Waals surface area contributed by atoms with Crippen molar-refractivity contribution in [1.82, 2.24) is 0 Å². The first-order chi connectivity index (χ1) is 15.3. The smallest absolute Gasteiger partial charge is 0.550 e. The minimum absolute atomic E-state index is 0. The SMILES string of the molecule is CCCCC(CC)CC(CCCC)C(=O)[O-].CCCCC(CC)CC(CCCC)C(=O)[O-].[Ni+2]. The van der Waals surface area contributed by atoms with Crippen molar-refractivity contribution in [2.45, 2.75) is 144 Å². The van der Waals surface area contributed by atoms with Gasteiger partial charge >= 0.3 is 16.5 Å². The van der Waals surface area contributed by atoms with Crippen LogP contribution in [0.5, 0.6) is 0 Å². The number of carbonyl (C=O) groups excluding carboxylic acids is 2. The summed E-state index contributed by atoms with van der Waals surface area (Å²) in [7, 11) is 0. The van der Waals surface area contributed by atoms with Crippen LogP contribution in [0.15, 0.2) is 0 Å². The van der Waals surface area contributed by atoms with Gasteiger partial charge in [-0.15, -0.1) is 0 Å². The second-order valence-corrected chi connectivity index (χ2v) is 9.62. The summed E-state index contributed by atoms with van der Waals surface area (Å²) in [6.07, 6.45) is 16.7. The minimum Gasteiger partial charge on any atom is -0.550 e. The van der Waals surface area contributed by atoms with E-state index in [1.165, 1.54) is 38.5 Å². The Labute approximate surface area is 216 Å². The largest absolute Gasteiger partial charge is 2.00 e. The molecule has 0 aliphatic heterocycles. The zero-order chi connectivity index (χ0) is 24.8. The average Bonchev–Trinajstić information content (AvgIpc) is 2.78. The van der Waals surface area contributed by atoms with Gasteiger partial charge < -0.3 is 19.8 Å². The Hall–Kier alpha value is -0.566. The summed E-state index contributed by atoms with van der Waals surface area (Å²) in [5, 5.41) is 22.0. The van der Waals surface area contributed by atoms with Gasteiger partial charge in [0.2, 0.25) is 0 Å². The molecule has 0 saturated heterocycles. The molecule has 0 aromatic heterocycles. The van der Waals surface area contributed by atoms with Gasteiger partial charge in [-0.2, -0.15) is 0 Å². The fourth-order valence-electron chi connectivity index (χ4n) is 4.33. The fraction of sp³-hybridized carbons (Fsp3) is 0.929. The van der Waals surface area contributed by atoms with Gasteiger partial charge in [-0.25, -0.2) is 0 Å². The summed E-state index contributed by atoms with van der Waals surface area (Å²) < 4.78 is 0. The summed E-state index contributed by atoms with van der Waals surface area (Å²) in [6.45, 7) is 12.9. The fourth-order valence-corrected chi connectivity index (χ4v) is 4.33. The number of carbonyl (C=O) groups is 2. The molecule has 0 aromatic rings. The van der Waals surface area contributed by atoms with Crippen LogP contribution in [0.4, 0.5) is 0 Å². The maximum atomic E-state index is 11.0. The first-order valence-corrected chi connectivity index (χ1v) is 13.7. The van der Waals surface area contributed by atoms with Crippen molar-refractivity contribution < 1.29 is 36.3 Å². The molecule has 200 valence electrons. The maximum Gasteiger partial charge on any atom is 2.00 e. The second kappa shape index (κ2) is 26.0. The zero-order valence-electron chi connectivity index (χ0n) is 22.6. The van der Waals surface area contributed by atoms with Gasteiger partial charge in [0.25, 0.3) is 0 Å². The van der Waals surface area contributed by atoms with Crippen molar-refractivity contribution >= 4 is 11.9 Å². The molecule has 0 bridgehead atoms. The maximum absolute atomic E-state index is 11.0. The third-order valence-electron chi connectivity index (χ3n) is 6.80. The van der Waals surface area contributed by atoms with E-state index in [2.05, 4.69) is 41.5 Å². The van der Waals surface area contributed by atoms with Crippen LogP contribution in [-0.2, 0) is 26.1 Å². The molecule has 0 fully saturated rings. The van der Waals surface area contributed by atoms with Crippen LogP contribution < -0.4 is 10.2 Å². The molecular weight excluding hydrogens is 459 g/mol. The molecule has 0 rings (SSSR count). The van der Waals surface area contributed by atoms with Crippen molar-refractivity contribution in [3.8, 4) is 0 Å². The van der Waals surface area contributed by atoms with E-state index in [9.17, 15) is 19.8 Å². The Morgan fingerprint density at radius 3 is 1.03 bits per heavy atom. The minimum atomic E-state index is -0.844. The number of rotatable bonds is 20. The third kappa shape index (κ3) is 21.7. The van der Waals surface area contributed by atoms with Gasteiger partial charge in [0.15, 0.2) is 0 Å². The standard InChI is InChI=1S/2C14H28O2.Ni/c2*1-4-7-9-12(6-3)11-13(14(15)16)10-8-5-2;/h2*12-13H,4-11H2,1-3H3,(H,15,16);/q;;+2/p-2. The van der Waals surface area contributed by atoms with E-state index in [1.54, 1.807) is 0 Å². The molecule has 4 atom stereocenters. The first kappa shape index (κ1) is 37.0. The van der Waals surface area contributed by atoms with E-state index in [-0.39, 0.29) is 28.3 Å². The van der Waals surface area contributed by atoms with Crippen LogP contribution in [0.2, 0.25) is 0 Å². The van der Waals surface area contributed by atoms with Crippen LogP contribution in [0.25, 0.3) is 0 Å². The average molecular weight is 513 g/mol. The molecule has 0 radical (unpaired) electrons. The monoisotopic (exact) mass is 512 g/mol. The Kier molecular flexibility index (Phi) is 29.2. The Morgan fingerprint density at radius 1 is 0.545 bits per heavy atom. The molecule has 0 aliphatic rings. The van der Waals surface area contributed by atoms with E-state index in [0.29, 0.717) is 11.8 Å².